The lowest BCUT2D eigenvalue weighted by atomic mass is 10.2. The summed E-state index contributed by atoms with van der Waals surface area (Å²) in [6, 6.07) is 7.01. The summed E-state index contributed by atoms with van der Waals surface area (Å²) in [4.78, 5) is 12.0. The van der Waals surface area contributed by atoms with E-state index in [1.165, 1.54) is 0 Å². The normalized spacial score (nSPS) is 10.1. The first-order valence-corrected chi connectivity index (χ1v) is 6.72. The lowest BCUT2D eigenvalue weighted by Crippen LogP contribution is -2.04. The highest BCUT2D eigenvalue weighted by molar-refractivity contribution is 7.99. The number of rotatable bonds is 4. The van der Waals surface area contributed by atoms with Gasteiger partial charge in [-0.05, 0) is 30.8 Å². The van der Waals surface area contributed by atoms with Gasteiger partial charge < -0.3 is 9.15 Å². The highest BCUT2D eigenvalue weighted by atomic mass is 35.5. The Bertz CT molecular complexity index is 681. The van der Waals surface area contributed by atoms with Gasteiger partial charge in [0, 0.05) is 4.90 Å². The Balaban J connectivity index is 2.22. The summed E-state index contributed by atoms with van der Waals surface area (Å²) in [6.07, 6.45) is 0. The number of nitriles is 1. The quantitative estimate of drug-likeness (QED) is 0.802. The Morgan fingerprint density at radius 3 is 3.05 bits per heavy atom. The van der Waals surface area contributed by atoms with Gasteiger partial charge in [0.15, 0.2) is 0 Å². The fraction of sp³-hybridized carbons (Fsp3) is 0.167. The number of esters is 1. The number of carbonyl (C=O) groups is 1. The molecule has 1 aromatic carbocycles. The van der Waals surface area contributed by atoms with Crippen LogP contribution in [0.15, 0.2) is 32.7 Å². The van der Waals surface area contributed by atoms with Crippen molar-refractivity contribution in [1.82, 2.24) is 10.2 Å². The molecule has 0 aliphatic heterocycles. The Morgan fingerprint density at radius 2 is 2.35 bits per heavy atom. The summed E-state index contributed by atoms with van der Waals surface area (Å²) in [6.45, 7) is 1.89. The third-order valence-corrected chi connectivity index (χ3v) is 3.36. The minimum Gasteiger partial charge on any atom is -0.459 e. The second-order valence-corrected chi connectivity index (χ2v) is 4.82. The van der Waals surface area contributed by atoms with Gasteiger partial charge in [0.25, 0.3) is 5.22 Å². The van der Waals surface area contributed by atoms with Gasteiger partial charge in [-0.3, -0.25) is 0 Å². The van der Waals surface area contributed by atoms with E-state index in [2.05, 4.69) is 10.2 Å². The average molecular weight is 310 g/mol. The van der Waals surface area contributed by atoms with E-state index in [4.69, 9.17) is 26.0 Å². The molecular formula is C12H8ClN3O3S. The molecule has 2 aromatic rings. The van der Waals surface area contributed by atoms with Crippen LogP contribution in [0.3, 0.4) is 0 Å². The van der Waals surface area contributed by atoms with E-state index in [0.717, 1.165) is 11.8 Å². The fourth-order valence-electron chi connectivity index (χ4n) is 1.32. The number of ether oxygens (including phenoxy) is 1. The van der Waals surface area contributed by atoms with Gasteiger partial charge in [-0.2, -0.15) is 5.26 Å². The van der Waals surface area contributed by atoms with Crippen LogP contribution in [0, 0.1) is 11.3 Å². The zero-order valence-electron chi connectivity index (χ0n) is 10.3. The topological polar surface area (TPSA) is 89.0 Å². The summed E-state index contributed by atoms with van der Waals surface area (Å²) in [5, 5.41) is 16.8. The summed E-state index contributed by atoms with van der Waals surface area (Å²) in [7, 11) is 0. The third kappa shape index (κ3) is 3.10. The number of benzene rings is 1. The van der Waals surface area contributed by atoms with Crippen molar-refractivity contribution in [1.29, 1.82) is 5.26 Å². The highest BCUT2D eigenvalue weighted by Crippen LogP contribution is 2.32. The molecule has 0 saturated carbocycles. The molecule has 0 N–H and O–H groups in total. The Kier molecular flexibility index (Phi) is 4.61. The van der Waals surface area contributed by atoms with Crippen LogP contribution in [0.4, 0.5) is 0 Å². The Labute approximate surface area is 123 Å². The van der Waals surface area contributed by atoms with Gasteiger partial charge in [-0.25, -0.2) is 4.79 Å². The fourth-order valence-corrected chi connectivity index (χ4v) is 2.39. The maximum Gasteiger partial charge on any atom is 0.396 e. The van der Waals surface area contributed by atoms with Crippen LogP contribution in [-0.2, 0) is 4.74 Å². The second kappa shape index (κ2) is 6.41. The molecule has 0 radical (unpaired) electrons. The van der Waals surface area contributed by atoms with Gasteiger partial charge in [-0.15, -0.1) is 5.10 Å². The van der Waals surface area contributed by atoms with E-state index in [9.17, 15) is 4.79 Å². The van der Waals surface area contributed by atoms with Crippen molar-refractivity contribution in [3.05, 3.63) is 34.7 Å². The molecule has 0 bridgehead atoms. The first-order valence-electron chi connectivity index (χ1n) is 5.52. The molecule has 20 heavy (non-hydrogen) atoms. The molecule has 0 amide bonds. The Hall–Kier alpha value is -2.04. The van der Waals surface area contributed by atoms with E-state index >= 15 is 0 Å². The molecule has 0 aliphatic rings. The summed E-state index contributed by atoms with van der Waals surface area (Å²) < 4.78 is 9.89. The van der Waals surface area contributed by atoms with Crippen LogP contribution in [0.2, 0.25) is 5.02 Å². The maximum absolute atomic E-state index is 11.4. The lowest BCUT2D eigenvalue weighted by molar-refractivity contribution is 0.0475. The molecular weight excluding hydrogens is 302 g/mol. The van der Waals surface area contributed by atoms with Gasteiger partial charge in [0.05, 0.1) is 17.2 Å². The number of nitrogens with zero attached hydrogens (tertiary/aromatic N) is 3. The SMILES string of the molecule is CCOC(=O)c1nnc(Sc2cccc(Cl)c2C#N)o1. The van der Waals surface area contributed by atoms with Gasteiger partial charge in [0.2, 0.25) is 0 Å². The van der Waals surface area contributed by atoms with Gasteiger partial charge in [-0.1, -0.05) is 22.8 Å². The zero-order valence-corrected chi connectivity index (χ0v) is 11.9. The number of hydrogen-bond acceptors (Lipinski definition) is 7. The van der Waals surface area contributed by atoms with Crippen molar-refractivity contribution in [2.45, 2.75) is 17.0 Å². The summed E-state index contributed by atoms with van der Waals surface area (Å²) in [5.74, 6) is -0.909. The van der Waals surface area contributed by atoms with E-state index in [1.807, 2.05) is 6.07 Å². The van der Waals surface area contributed by atoms with Crippen molar-refractivity contribution in [2.75, 3.05) is 6.61 Å². The number of hydrogen-bond donors (Lipinski definition) is 0. The first-order chi connectivity index (χ1) is 9.65. The molecule has 0 unspecified atom stereocenters. The smallest absolute Gasteiger partial charge is 0.396 e. The minimum atomic E-state index is -0.682. The molecule has 0 saturated heterocycles. The third-order valence-electron chi connectivity index (χ3n) is 2.14. The molecule has 0 spiro atoms. The van der Waals surface area contributed by atoms with Crippen LogP contribution < -0.4 is 0 Å². The number of halogens is 1. The van der Waals surface area contributed by atoms with Crippen LogP contribution >= 0.6 is 23.4 Å². The standard InChI is InChI=1S/C12H8ClN3O3S/c1-2-18-11(17)10-15-16-12(19-10)20-9-5-3-4-8(13)7(9)6-14/h3-5H,2H2,1H3. The molecule has 6 nitrogen and oxygen atoms in total. The van der Waals surface area contributed by atoms with E-state index < -0.39 is 5.97 Å². The van der Waals surface area contributed by atoms with Crippen LogP contribution in [0.25, 0.3) is 0 Å². The van der Waals surface area contributed by atoms with Crippen molar-refractivity contribution < 1.29 is 13.9 Å². The van der Waals surface area contributed by atoms with Crippen molar-refractivity contribution in [2.24, 2.45) is 0 Å². The van der Waals surface area contributed by atoms with Crippen molar-refractivity contribution in [3.8, 4) is 6.07 Å². The average Bonchev–Trinajstić information content (AvgIpc) is 2.88. The van der Waals surface area contributed by atoms with Crippen molar-refractivity contribution in [3.63, 3.8) is 0 Å². The maximum atomic E-state index is 11.4. The predicted molar refractivity (Wildman–Crippen MR) is 70.5 cm³/mol. The Morgan fingerprint density at radius 1 is 1.55 bits per heavy atom. The first kappa shape index (κ1) is 14.4. The van der Waals surface area contributed by atoms with E-state index in [1.54, 1.807) is 25.1 Å². The molecule has 2 rings (SSSR count). The lowest BCUT2D eigenvalue weighted by Gasteiger charge is -2.01. The number of carbonyl (C=O) groups excluding carboxylic acids is 1. The minimum absolute atomic E-state index is 0.131. The zero-order chi connectivity index (χ0) is 14.5. The molecule has 1 heterocycles. The van der Waals surface area contributed by atoms with Crippen LogP contribution in [-0.4, -0.2) is 22.8 Å². The van der Waals surface area contributed by atoms with Crippen LogP contribution in [0.1, 0.15) is 23.2 Å². The molecule has 0 aliphatic carbocycles. The summed E-state index contributed by atoms with van der Waals surface area (Å²) in [5.41, 5.74) is 0.315. The molecule has 0 atom stereocenters. The monoisotopic (exact) mass is 309 g/mol. The van der Waals surface area contributed by atoms with Gasteiger partial charge >= 0.3 is 11.9 Å². The molecule has 102 valence electrons. The molecule has 0 fully saturated rings. The summed E-state index contributed by atoms with van der Waals surface area (Å²) >= 11 is 6.97. The number of aromatic nitrogens is 2. The van der Waals surface area contributed by atoms with E-state index in [-0.39, 0.29) is 17.7 Å². The molecule has 1 aromatic heterocycles. The highest BCUT2D eigenvalue weighted by Gasteiger charge is 2.18. The van der Waals surface area contributed by atoms with E-state index in [0.29, 0.717) is 15.5 Å². The molecule has 8 heteroatoms. The van der Waals surface area contributed by atoms with Gasteiger partial charge in [0.1, 0.15) is 6.07 Å². The predicted octanol–water partition coefficient (Wildman–Crippen LogP) is 2.92. The van der Waals surface area contributed by atoms with Crippen molar-refractivity contribution >= 4 is 29.3 Å². The van der Waals surface area contributed by atoms with Crippen LogP contribution in [0.5, 0.6) is 0 Å². The second-order valence-electron chi connectivity index (χ2n) is 3.42. The largest absolute Gasteiger partial charge is 0.459 e.